The minimum absolute atomic E-state index is 0.0337. The molecule has 0 aromatic heterocycles. The molecule has 0 saturated carbocycles. The Labute approximate surface area is 150 Å². The molecule has 2 aliphatic rings. The molecule has 0 spiro atoms. The number of hydrogen-bond acceptors (Lipinski definition) is 4. The lowest BCUT2D eigenvalue weighted by atomic mass is 9.80. The lowest BCUT2D eigenvalue weighted by Gasteiger charge is -2.57. The molecule has 2 unspecified atom stereocenters. The van der Waals surface area contributed by atoms with Crippen LogP contribution < -0.4 is 0 Å². The number of carbonyl (C=O) groups excluding carboxylic acids is 2. The van der Waals surface area contributed by atoms with Gasteiger partial charge in [0.05, 0.1) is 12.5 Å². The molecular formula is C17H30N2O5Si. The van der Waals surface area contributed by atoms with Crippen LogP contribution in [0.1, 0.15) is 34.1 Å². The molecule has 25 heavy (non-hydrogen) atoms. The van der Waals surface area contributed by atoms with Crippen molar-refractivity contribution in [2.24, 2.45) is 11.8 Å². The van der Waals surface area contributed by atoms with Gasteiger partial charge in [-0.1, -0.05) is 33.9 Å². The standard InChI is InChI=1S/C17H30N2O5Si/c1-7-24-16(23)18-9-11(10-18)8-12-13(15(21)22)19(14(12)20)25(5,6)17(2,3)4/h11-13H,7-10H2,1-6H3,(H,21,22). The first-order valence-corrected chi connectivity index (χ1v) is 11.8. The summed E-state index contributed by atoms with van der Waals surface area (Å²) in [5.41, 5.74) is 0. The fourth-order valence-electron chi connectivity index (χ4n) is 3.49. The zero-order valence-electron chi connectivity index (χ0n) is 16.0. The third-order valence-electron chi connectivity index (χ3n) is 5.98. The van der Waals surface area contributed by atoms with Crippen molar-refractivity contribution in [2.45, 2.75) is 58.3 Å². The monoisotopic (exact) mass is 370 g/mol. The molecule has 2 amide bonds. The Hall–Kier alpha value is -1.57. The van der Waals surface area contributed by atoms with Gasteiger partial charge in [-0.2, -0.15) is 0 Å². The Kier molecular flexibility index (Phi) is 5.23. The topological polar surface area (TPSA) is 87.2 Å². The van der Waals surface area contributed by atoms with E-state index >= 15 is 0 Å². The van der Waals surface area contributed by atoms with E-state index in [9.17, 15) is 19.5 Å². The molecule has 7 nitrogen and oxygen atoms in total. The average Bonchev–Trinajstić information content (AvgIpc) is 2.40. The molecule has 0 aromatic rings. The number of carboxylic acids is 1. The van der Waals surface area contributed by atoms with Crippen molar-refractivity contribution in [3.63, 3.8) is 0 Å². The second-order valence-electron chi connectivity index (χ2n) is 8.61. The molecule has 2 heterocycles. The first kappa shape index (κ1) is 19.7. The molecule has 1 N–H and O–H groups in total. The molecule has 2 fully saturated rings. The zero-order valence-corrected chi connectivity index (χ0v) is 17.0. The summed E-state index contributed by atoms with van der Waals surface area (Å²) in [5, 5.41) is 9.58. The van der Waals surface area contributed by atoms with E-state index in [2.05, 4.69) is 33.9 Å². The highest BCUT2D eigenvalue weighted by molar-refractivity contribution is 6.80. The fraction of sp³-hybridized carbons (Fsp3) is 0.824. The van der Waals surface area contributed by atoms with E-state index < -0.39 is 26.2 Å². The van der Waals surface area contributed by atoms with Gasteiger partial charge in [0.2, 0.25) is 5.91 Å². The van der Waals surface area contributed by atoms with E-state index in [0.29, 0.717) is 26.1 Å². The third kappa shape index (κ3) is 3.40. The van der Waals surface area contributed by atoms with Crippen molar-refractivity contribution in [3.8, 4) is 0 Å². The van der Waals surface area contributed by atoms with Crippen molar-refractivity contribution in [1.82, 2.24) is 9.47 Å². The Morgan fingerprint density at radius 1 is 1.28 bits per heavy atom. The van der Waals surface area contributed by atoms with Gasteiger partial charge in [0.1, 0.15) is 6.04 Å². The first-order valence-electron chi connectivity index (χ1n) is 8.89. The third-order valence-corrected chi connectivity index (χ3v) is 11.3. The number of carbonyl (C=O) groups is 3. The summed E-state index contributed by atoms with van der Waals surface area (Å²) in [6.45, 7) is 13.5. The minimum Gasteiger partial charge on any atom is -0.480 e. The zero-order chi connectivity index (χ0) is 19.2. The molecule has 0 aromatic carbocycles. The molecular weight excluding hydrogens is 340 g/mol. The van der Waals surface area contributed by atoms with E-state index in [1.54, 1.807) is 16.4 Å². The summed E-state index contributed by atoms with van der Waals surface area (Å²) in [4.78, 5) is 37.8. The predicted molar refractivity (Wildman–Crippen MR) is 95.7 cm³/mol. The summed E-state index contributed by atoms with van der Waals surface area (Å²) in [5.74, 6) is -1.26. The van der Waals surface area contributed by atoms with Crippen molar-refractivity contribution < 1.29 is 24.2 Å². The van der Waals surface area contributed by atoms with Gasteiger partial charge in [0.15, 0.2) is 8.24 Å². The summed E-state index contributed by atoms with van der Waals surface area (Å²) in [7, 11) is -2.22. The number of aliphatic carboxylic acids is 1. The van der Waals surface area contributed by atoms with Crippen molar-refractivity contribution in [1.29, 1.82) is 0 Å². The Bertz CT molecular complexity index is 566. The van der Waals surface area contributed by atoms with Crippen LogP contribution in [-0.4, -0.2) is 66.5 Å². The number of nitrogens with zero attached hydrogens (tertiary/aromatic N) is 2. The van der Waals surface area contributed by atoms with Crippen LogP contribution in [0, 0.1) is 11.8 Å². The fourth-order valence-corrected chi connectivity index (χ4v) is 5.91. The number of amides is 2. The largest absolute Gasteiger partial charge is 0.480 e. The van der Waals surface area contributed by atoms with Gasteiger partial charge in [-0.25, -0.2) is 9.59 Å². The maximum absolute atomic E-state index is 12.8. The molecule has 0 bridgehead atoms. The Morgan fingerprint density at radius 3 is 2.28 bits per heavy atom. The van der Waals surface area contributed by atoms with Crippen LogP contribution in [0.15, 0.2) is 0 Å². The quantitative estimate of drug-likeness (QED) is 0.593. The highest BCUT2D eigenvalue weighted by Crippen LogP contribution is 2.46. The molecule has 0 radical (unpaired) electrons. The lowest BCUT2D eigenvalue weighted by molar-refractivity contribution is -0.165. The minimum atomic E-state index is -2.22. The molecule has 142 valence electrons. The highest BCUT2D eigenvalue weighted by Gasteiger charge is 2.60. The van der Waals surface area contributed by atoms with Gasteiger partial charge in [-0.05, 0) is 24.3 Å². The van der Waals surface area contributed by atoms with Gasteiger partial charge in [0.25, 0.3) is 0 Å². The van der Waals surface area contributed by atoms with Crippen LogP contribution in [0.5, 0.6) is 0 Å². The SMILES string of the molecule is CCOC(=O)N1CC(CC2C(=O)N([Si](C)(C)C(C)(C)C)C2C(=O)O)C1. The average molecular weight is 371 g/mol. The Morgan fingerprint density at radius 2 is 1.84 bits per heavy atom. The van der Waals surface area contributed by atoms with E-state index in [4.69, 9.17) is 4.74 Å². The van der Waals surface area contributed by atoms with Crippen molar-refractivity contribution in [2.75, 3.05) is 19.7 Å². The summed E-state index contributed by atoms with van der Waals surface area (Å²) in [6, 6.07) is -0.731. The maximum atomic E-state index is 12.8. The normalized spacial score (nSPS) is 24.6. The van der Waals surface area contributed by atoms with Crippen molar-refractivity contribution >= 4 is 26.2 Å². The van der Waals surface area contributed by atoms with E-state index in [-0.39, 0.29) is 23.0 Å². The molecule has 8 heteroatoms. The van der Waals surface area contributed by atoms with E-state index in [1.807, 2.05) is 0 Å². The number of carboxylic acid groups (broad SMARTS) is 1. The van der Waals surface area contributed by atoms with Gasteiger partial charge < -0.3 is 19.3 Å². The van der Waals surface area contributed by atoms with Crippen LogP contribution in [-0.2, 0) is 14.3 Å². The summed E-state index contributed by atoms with van der Waals surface area (Å²) < 4.78 is 6.61. The van der Waals surface area contributed by atoms with Crippen LogP contribution in [0.4, 0.5) is 4.79 Å². The van der Waals surface area contributed by atoms with Gasteiger partial charge in [-0.15, -0.1) is 0 Å². The molecule has 2 saturated heterocycles. The van der Waals surface area contributed by atoms with Crippen LogP contribution in [0.25, 0.3) is 0 Å². The molecule has 0 aliphatic carbocycles. The summed E-state index contributed by atoms with van der Waals surface area (Å²) in [6.07, 6.45) is 0.188. The second kappa shape index (κ2) is 6.62. The first-order chi connectivity index (χ1) is 11.4. The maximum Gasteiger partial charge on any atom is 0.409 e. The van der Waals surface area contributed by atoms with Crippen LogP contribution in [0.2, 0.25) is 18.1 Å². The number of rotatable bonds is 5. The lowest BCUT2D eigenvalue weighted by Crippen LogP contribution is -2.75. The number of hydrogen-bond donors (Lipinski definition) is 1. The number of ether oxygens (including phenoxy) is 1. The van der Waals surface area contributed by atoms with Crippen molar-refractivity contribution in [3.05, 3.63) is 0 Å². The van der Waals surface area contributed by atoms with E-state index in [0.717, 1.165) is 0 Å². The molecule has 2 aliphatic heterocycles. The highest BCUT2D eigenvalue weighted by atomic mass is 28.3. The molecule has 2 rings (SSSR count). The van der Waals surface area contributed by atoms with Crippen LogP contribution >= 0.6 is 0 Å². The van der Waals surface area contributed by atoms with E-state index in [1.165, 1.54) is 0 Å². The summed E-state index contributed by atoms with van der Waals surface area (Å²) >= 11 is 0. The predicted octanol–water partition coefficient (Wildman–Crippen LogP) is 2.38. The van der Waals surface area contributed by atoms with Gasteiger partial charge in [-0.3, -0.25) is 4.79 Å². The van der Waals surface area contributed by atoms with Gasteiger partial charge >= 0.3 is 12.1 Å². The smallest absolute Gasteiger partial charge is 0.409 e. The number of β-lactam (4-membered cyclic amide) rings is 1. The van der Waals surface area contributed by atoms with Gasteiger partial charge in [0, 0.05) is 13.1 Å². The van der Waals surface area contributed by atoms with Crippen LogP contribution in [0.3, 0.4) is 0 Å². The molecule has 2 atom stereocenters. The second-order valence-corrected chi connectivity index (χ2v) is 13.7. The Balaban J connectivity index is 2.01. The number of likely N-dealkylation sites (tertiary alicyclic amines) is 1.